The number of nitrogens with two attached hydrogens (primary N) is 1. The Labute approximate surface area is 92.2 Å². The van der Waals surface area contributed by atoms with Crippen LogP contribution in [0.3, 0.4) is 0 Å². The van der Waals surface area contributed by atoms with Crippen LogP contribution < -0.4 is 5.14 Å². The van der Waals surface area contributed by atoms with Crippen molar-refractivity contribution in [2.75, 3.05) is 0 Å². The molecule has 1 rings (SSSR count). The van der Waals surface area contributed by atoms with E-state index >= 15 is 0 Å². The molecule has 0 atom stereocenters. The maximum atomic E-state index is 11.1. The van der Waals surface area contributed by atoms with Crippen LogP contribution in [0.5, 0.6) is 0 Å². The number of benzene rings is 1. The van der Waals surface area contributed by atoms with Crippen molar-refractivity contribution < 1.29 is 13.6 Å². The number of halogens is 1. The van der Waals surface area contributed by atoms with Gasteiger partial charge in [0.2, 0.25) is 10.0 Å². The number of sulfonamides is 1. The smallest absolute Gasteiger partial charge is 0.239 e. The van der Waals surface area contributed by atoms with E-state index in [0.29, 0.717) is 5.56 Å². The number of oxime groups is 1. The first-order valence-corrected chi connectivity index (χ1v) is 5.80. The second kappa shape index (κ2) is 4.18. The zero-order valence-electron chi connectivity index (χ0n) is 7.81. The first-order chi connectivity index (χ1) is 6.86. The average Bonchev–Trinajstić information content (AvgIpc) is 2.15. The molecule has 82 valence electrons. The Morgan fingerprint density at radius 1 is 1.53 bits per heavy atom. The summed E-state index contributed by atoms with van der Waals surface area (Å²) in [5, 5.41) is 16.5. The van der Waals surface area contributed by atoms with Gasteiger partial charge in [-0.15, -0.1) is 0 Å². The fourth-order valence-electron chi connectivity index (χ4n) is 1.00. The Kier molecular flexibility index (Phi) is 3.33. The van der Waals surface area contributed by atoms with Gasteiger partial charge in [0.15, 0.2) is 0 Å². The highest BCUT2D eigenvalue weighted by Crippen LogP contribution is 2.21. The van der Waals surface area contributed by atoms with Gasteiger partial charge in [0, 0.05) is 5.56 Å². The highest BCUT2D eigenvalue weighted by molar-refractivity contribution is 7.89. The van der Waals surface area contributed by atoms with Crippen molar-refractivity contribution in [1.82, 2.24) is 0 Å². The third kappa shape index (κ3) is 2.68. The second-order valence-electron chi connectivity index (χ2n) is 2.88. The maximum absolute atomic E-state index is 11.1. The van der Waals surface area contributed by atoms with E-state index in [1.54, 1.807) is 0 Å². The van der Waals surface area contributed by atoms with Crippen molar-refractivity contribution in [2.45, 2.75) is 11.8 Å². The van der Waals surface area contributed by atoms with E-state index in [1.165, 1.54) is 25.1 Å². The van der Waals surface area contributed by atoms with Crippen molar-refractivity contribution in [3.8, 4) is 0 Å². The van der Waals surface area contributed by atoms with Crippen LogP contribution in [0.25, 0.3) is 0 Å². The largest absolute Gasteiger partial charge is 0.411 e. The van der Waals surface area contributed by atoms with Gasteiger partial charge in [0.1, 0.15) is 4.90 Å². The van der Waals surface area contributed by atoms with E-state index in [0.717, 1.165) is 0 Å². The monoisotopic (exact) mass is 248 g/mol. The van der Waals surface area contributed by atoms with Gasteiger partial charge in [-0.2, -0.15) is 0 Å². The average molecular weight is 249 g/mol. The van der Waals surface area contributed by atoms with Crippen LogP contribution in [0.2, 0.25) is 5.02 Å². The zero-order valence-corrected chi connectivity index (χ0v) is 9.38. The van der Waals surface area contributed by atoms with E-state index in [9.17, 15) is 8.42 Å². The molecule has 7 heteroatoms. The molecule has 15 heavy (non-hydrogen) atoms. The molecule has 1 aromatic carbocycles. The molecule has 0 bridgehead atoms. The van der Waals surface area contributed by atoms with E-state index in [2.05, 4.69) is 5.16 Å². The Hall–Kier alpha value is -1.11. The van der Waals surface area contributed by atoms with Crippen LogP contribution in [0.4, 0.5) is 0 Å². The first kappa shape index (κ1) is 12.0. The van der Waals surface area contributed by atoms with Gasteiger partial charge in [-0.25, -0.2) is 13.6 Å². The van der Waals surface area contributed by atoms with Gasteiger partial charge in [0.05, 0.1) is 10.7 Å². The fraction of sp³-hybridized carbons (Fsp3) is 0.125. The summed E-state index contributed by atoms with van der Waals surface area (Å²) in [5.74, 6) is 0. The Bertz CT molecular complexity index is 511. The van der Waals surface area contributed by atoms with Crippen molar-refractivity contribution >= 4 is 27.3 Å². The minimum Gasteiger partial charge on any atom is -0.411 e. The lowest BCUT2D eigenvalue weighted by Crippen LogP contribution is -2.13. The molecule has 0 amide bonds. The molecule has 0 aromatic heterocycles. The molecule has 0 radical (unpaired) electrons. The predicted octanol–water partition coefficient (Wildman–Crippen LogP) is 1.19. The summed E-state index contributed by atoms with van der Waals surface area (Å²) in [4.78, 5) is -0.190. The summed E-state index contributed by atoms with van der Waals surface area (Å²) >= 11 is 5.67. The van der Waals surface area contributed by atoms with Gasteiger partial charge in [-0.1, -0.05) is 22.8 Å². The highest BCUT2D eigenvalue weighted by Gasteiger charge is 2.14. The normalized spacial score (nSPS) is 12.9. The van der Waals surface area contributed by atoms with Crippen LogP contribution in [-0.4, -0.2) is 19.3 Å². The van der Waals surface area contributed by atoms with E-state index < -0.39 is 10.0 Å². The maximum Gasteiger partial charge on any atom is 0.239 e. The lowest BCUT2D eigenvalue weighted by Gasteiger charge is -2.04. The second-order valence-corrected chi connectivity index (χ2v) is 4.81. The molecule has 0 aliphatic rings. The zero-order chi connectivity index (χ0) is 11.6. The van der Waals surface area contributed by atoms with Crippen LogP contribution >= 0.6 is 11.6 Å². The predicted molar refractivity (Wildman–Crippen MR) is 56.8 cm³/mol. The van der Waals surface area contributed by atoms with Crippen LogP contribution in [0.15, 0.2) is 28.3 Å². The lowest BCUT2D eigenvalue weighted by molar-refractivity contribution is 0.319. The number of hydrogen-bond donors (Lipinski definition) is 2. The number of rotatable bonds is 2. The molecule has 0 saturated carbocycles. The molecule has 0 saturated heterocycles. The standard InChI is InChI=1S/C8H9ClN2O3S/c1-5(11-12)6-2-3-7(9)8(4-6)15(10,13)14/h2-4,12H,1H3,(H2,10,13,14)/b11-5+. The summed E-state index contributed by atoms with van der Waals surface area (Å²) in [6.45, 7) is 1.52. The Balaban J connectivity index is 3.43. The van der Waals surface area contributed by atoms with E-state index in [-0.39, 0.29) is 15.6 Å². The van der Waals surface area contributed by atoms with Crippen molar-refractivity contribution in [2.24, 2.45) is 10.3 Å². The molecule has 0 aliphatic heterocycles. The summed E-state index contributed by atoms with van der Waals surface area (Å²) in [6.07, 6.45) is 0. The van der Waals surface area contributed by atoms with Crippen molar-refractivity contribution in [3.63, 3.8) is 0 Å². The molecule has 0 aliphatic carbocycles. The van der Waals surface area contributed by atoms with Crippen LogP contribution in [-0.2, 0) is 10.0 Å². The summed E-state index contributed by atoms with van der Waals surface area (Å²) in [6, 6.07) is 4.17. The van der Waals surface area contributed by atoms with Gasteiger partial charge in [-0.05, 0) is 19.1 Å². The summed E-state index contributed by atoms with van der Waals surface area (Å²) in [7, 11) is -3.87. The molecule has 0 heterocycles. The summed E-state index contributed by atoms with van der Waals surface area (Å²) < 4.78 is 22.2. The molecule has 0 fully saturated rings. The van der Waals surface area contributed by atoms with Gasteiger partial charge in [-0.3, -0.25) is 0 Å². The molecule has 0 spiro atoms. The van der Waals surface area contributed by atoms with Gasteiger partial charge < -0.3 is 5.21 Å². The van der Waals surface area contributed by atoms with Crippen molar-refractivity contribution in [3.05, 3.63) is 28.8 Å². The highest BCUT2D eigenvalue weighted by atomic mass is 35.5. The fourth-order valence-corrected chi connectivity index (χ4v) is 2.08. The quantitative estimate of drug-likeness (QED) is 0.468. The Morgan fingerprint density at radius 2 is 2.13 bits per heavy atom. The third-order valence-electron chi connectivity index (χ3n) is 1.81. The molecular formula is C8H9ClN2O3S. The Morgan fingerprint density at radius 3 is 2.60 bits per heavy atom. The number of primary sulfonamides is 1. The minimum absolute atomic E-state index is 0.0342. The summed E-state index contributed by atoms with van der Waals surface area (Å²) in [5.41, 5.74) is 0.711. The first-order valence-electron chi connectivity index (χ1n) is 3.87. The lowest BCUT2D eigenvalue weighted by atomic mass is 10.1. The van der Waals surface area contributed by atoms with Crippen molar-refractivity contribution in [1.29, 1.82) is 0 Å². The molecular weight excluding hydrogens is 240 g/mol. The number of hydrogen-bond acceptors (Lipinski definition) is 4. The number of nitrogens with zero attached hydrogens (tertiary/aromatic N) is 1. The van der Waals surface area contributed by atoms with Crippen LogP contribution in [0, 0.1) is 0 Å². The van der Waals surface area contributed by atoms with E-state index in [1.807, 2.05) is 0 Å². The molecule has 5 nitrogen and oxygen atoms in total. The van der Waals surface area contributed by atoms with Gasteiger partial charge >= 0.3 is 0 Å². The SMILES string of the molecule is C/C(=N\O)c1ccc(Cl)c(S(N)(=O)=O)c1. The minimum atomic E-state index is -3.87. The molecule has 0 unspecified atom stereocenters. The third-order valence-corrected chi connectivity index (χ3v) is 3.20. The van der Waals surface area contributed by atoms with E-state index in [4.69, 9.17) is 21.9 Å². The van der Waals surface area contributed by atoms with Crippen LogP contribution in [0.1, 0.15) is 12.5 Å². The topological polar surface area (TPSA) is 92.8 Å². The molecule has 1 aromatic rings. The van der Waals surface area contributed by atoms with Gasteiger partial charge in [0.25, 0.3) is 0 Å². The molecule has 3 N–H and O–H groups in total.